The van der Waals surface area contributed by atoms with E-state index < -0.39 is 49.9 Å². The highest BCUT2D eigenvalue weighted by Gasteiger charge is 2.28. The first-order valence-electron chi connectivity index (χ1n) is 8.63. The summed E-state index contributed by atoms with van der Waals surface area (Å²) < 4.78 is 95.8. The van der Waals surface area contributed by atoms with Crippen LogP contribution in [0.5, 0.6) is 0 Å². The van der Waals surface area contributed by atoms with Gasteiger partial charge in [-0.25, -0.2) is 43.9 Å². The smallest absolute Gasteiger partial charge is 0.244 e. The molecule has 20 heteroatoms. The molecule has 2 aliphatic heterocycles. The minimum absolute atomic E-state index is 0.0143. The van der Waals surface area contributed by atoms with E-state index in [0.29, 0.717) is 0 Å². The van der Waals surface area contributed by atoms with Crippen molar-refractivity contribution in [3.05, 3.63) is 34.3 Å². The highest BCUT2D eigenvalue weighted by Crippen LogP contribution is 2.33. The van der Waals surface area contributed by atoms with Crippen LogP contribution in [0.4, 0.5) is 11.4 Å². The molecule has 0 unspecified atom stereocenters. The summed E-state index contributed by atoms with van der Waals surface area (Å²) in [6.45, 7) is 0.0285. The Labute approximate surface area is 205 Å². The van der Waals surface area contributed by atoms with E-state index in [1.165, 1.54) is 12.1 Å². The van der Waals surface area contributed by atoms with E-state index in [1.807, 2.05) is 0 Å². The average Bonchev–Trinajstić information content (AvgIpc) is 2.65. The van der Waals surface area contributed by atoms with Crippen LogP contribution in [0.15, 0.2) is 43.8 Å². The first kappa shape index (κ1) is 26.9. The number of halogens is 2. The van der Waals surface area contributed by atoms with Crippen molar-refractivity contribution in [1.29, 1.82) is 0 Å². The summed E-state index contributed by atoms with van der Waals surface area (Å²) in [5, 5.41) is 15.1. The summed E-state index contributed by atoms with van der Waals surface area (Å²) in [6, 6.07) is 4.30. The number of nitrogens with two attached hydrogens (primary N) is 2. The molecule has 2 aromatic carbocycles. The molecule has 0 atom stereocenters. The van der Waals surface area contributed by atoms with Gasteiger partial charge in [-0.2, -0.15) is 9.44 Å². The molecular weight excluding hydrogens is 579 g/mol. The van der Waals surface area contributed by atoms with Gasteiger partial charge in [0.2, 0.25) is 40.1 Å². The number of fused-ring (bicyclic) bond motifs is 2. The summed E-state index contributed by atoms with van der Waals surface area (Å²) in [5.41, 5.74) is 0.474. The van der Waals surface area contributed by atoms with Gasteiger partial charge in [0, 0.05) is 0 Å². The largest absolute Gasteiger partial charge is 0.370 e. The number of anilines is 2. The molecule has 0 aromatic heterocycles. The second kappa shape index (κ2) is 9.04. The number of hydrogen-bond donors (Lipinski definition) is 6. The van der Waals surface area contributed by atoms with Gasteiger partial charge in [0.1, 0.15) is 19.6 Å². The predicted molar refractivity (Wildman–Crippen MR) is 123 cm³/mol. The van der Waals surface area contributed by atoms with Crippen LogP contribution in [0, 0.1) is 0 Å². The second-order valence-electron chi connectivity index (χ2n) is 6.65. The molecule has 2 aromatic rings. The zero-order chi connectivity index (χ0) is 25.7. The zero-order valence-corrected chi connectivity index (χ0v) is 21.3. The standard InChI is InChI=1S/2C7H8ClN3O4S2/c2*8-4-1-5-7(2-6(4)16(9,12)13)17(14,15)11-3-10-5/h2*1-2,10-11H,3H2,(H2,9,12,13). The molecule has 188 valence electrons. The van der Waals surface area contributed by atoms with E-state index >= 15 is 0 Å². The maximum absolute atomic E-state index is 11.6. The Morgan fingerprint density at radius 1 is 0.676 bits per heavy atom. The Bertz CT molecular complexity index is 1490. The highest BCUT2D eigenvalue weighted by molar-refractivity contribution is 7.91. The highest BCUT2D eigenvalue weighted by atomic mass is 35.5. The molecule has 0 saturated carbocycles. The molecular formula is C14H16Cl2N6O8S4. The van der Waals surface area contributed by atoms with Crippen LogP contribution >= 0.6 is 23.2 Å². The van der Waals surface area contributed by atoms with Gasteiger partial charge in [-0.15, -0.1) is 0 Å². The van der Waals surface area contributed by atoms with Crippen molar-refractivity contribution in [2.75, 3.05) is 24.0 Å². The molecule has 0 spiro atoms. The number of nitrogens with one attached hydrogen (secondary N) is 4. The molecule has 0 bridgehead atoms. The Morgan fingerprint density at radius 2 is 1.00 bits per heavy atom. The lowest BCUT2D eigenvalue weighted by Gasteiger charge is -2.20. The SMILES string of the molecule is NS(=O)(=O)c1cc2c(cc1Cl)NCNS2(=O)=O.NS(=O)(=O)c1cc2c(cc1Cl)NCNS2(=O)=O. The third-order valence-corrected chi connectivity index (χ3v) is 9.98. The van der Waals surface area contributed by atoms with E-state index in [1.54, 1.807) is 0 Å². The van der Waals surface area contributed by atoms with E-state index in [4.69, 9.17) is 33.5 Å². The molecule has 4 rings (SSSR count). The number of benzene rings is 2. The van der Waals surface area contributed by atoms with Crippen molar-refractivity contribution in [2.24, 2.45) is 10.3 Å². The minimum atomic E-state index is -4.07. The fourth-order valence-electron chi connectivity index (χ4n) is 2.83. The maximum Gasteiger partial charge on any atom is 0.244 e. The quantitative estimate of drug-likeness (QED) is 0.255. The Morgan fingerprint density at radius 3 is 1.29 bits per heavy atom. The van der Waals surface area contributed by atoms with E-state index in [2.05, 4.69) is 20.1 Å². The molecule has 0 saturated heterocycles. The lowest BCUT2D eigenvalue weighted by Crippen LogP contribution is -2.34. The summed E-state index contributed by atoms with van der Waals surface area (Å²) >= 11 is 11.4. The van der Waals surface area contributed by atoms with E-state index in [-0.39, 0.29) is 44.5 Å². The summed E-state index contributed by atoms with van der Waals surface area (Å²) in [5.74, 6) is 0. The maximum atomic E-state index is 11.6. The van der Waals surface area contributed by atoms with E-state index in [9.17, 15) is 33.7 Å². The molecule has 0 aliphatic carbocycles. The predicted octanol–water partition coefficient (Wildman–Crippen LogP) is -0.703. The fraction of sp³-hybridized carbons (Fsp3) is 0.143. The summed E-state index contributed by atoms with van der Waals surface area (Å²) in [7, 11) is -15.6. The Balaban J connectivity index is 0.000000191. The van der Waals surface area contributed by atoms with Crippen molar-refractivity contribution >= 4 is 74.7 Å². The first-order valence-corrected chi connectivity index (χ1v) is 15.4. The Kier molecular flexibility index (Phi) is 7.14. The van der Waals surface area contributed by atoms with Gasteiger partial charge in [0.05, 0.1) is 34.8 Å². The molecule has 0 radical (unpaired) electrons. The van der Waals surface area contributed by atoms with E-state index in [0.717, 1.165) is 12.1 Å². The van der Waals surface area contributed by atoms with Crippen LogP contribution < -0.4 is 30.4 Å². The van der Waals surface area contributed by atoms with Crippen molar-refractivity contribution in [2.45, 2.75) is 19.6 Å². The minimum Gasteiger partial charge on any atom is -0.370 e. The molecule has 14 nitrogen and oxygen atoms in total. The lowest BCUT2D eigenvalue weighted by molar-refractivity contribution is 0.578. The summed E-state index contributed by atoms with van der Waals surface area (Å²) in [4.78, 5) is -1.24. The summed E-state index contributed by atoms with van der Waals surface area (Å²) in [6.07, 6.45) is 0. The van der Waals surface area contributed by atoms with Crippen LogP contribution in [0.3, 0.4) is 0 Å². The van der Waals surface area contributed by atoms with Crippen LogP contribution in [0.1, 0.15) is 0 Å². The lowest BCUT2D eigenvalue weighted by atomic mass is 10.3. The van der Waals surface area contributed by atoms with Gasteiger partial charge in [-0.05, 0) is 24.3 Å². The third-order valence-electron chi connectivity index (χ3n) is 4.34. The van der Waals surface area contributed by atoms with Gasteiger partial charge in [0.25, 0.3) is 0 Å². The number of sulfonamides is 4. The van der Waals surface area contributed by atoms with Crippen molar-refractivity contribution < 1.29 is 33.7 Å². The first-order chi connectivity index (χ1) is 15.4. The van der Waals surface area contributed by atoms with Gasteiger partial charge in [0.15, 0.2) is 0 Å². The number of primary sulfonamides is 2. The average molecular weight is 595 g/mol. The molecule has 2 heterocycles. The molecule has 34 heavy (non-hydrogen) atoms. The van der Waals surface area contributed by atoms with Gasteiger partial charge < -0.3 is 10.6 Å². The van der Waals surface area contributed by atoms with Crippen molar-refractivity contribution in [3.63, 3.8) is 0 Å². The second-order valence-corrected chi connectivity index (χ2v) is 14.0. The van der Waals surface area contributed by atoms with Crippen molar-refractivity contribution in [1.82, 2.24) is 9.44 Å². The molecule has 0 fully saturated rings. The van der Waals surface area contributed by atoms with Gasteiger partial charge >= 0.3 is 0 Å². The third kappa shape index (κ3) is 5.56. The van der Waals surface area contributed by atoms with Crippen LogP contribution in [-0.4, -0.2) is 47.0 Å². The molecule has 8 N–H and O–H groups in total. The van der Waals surface area contributed by atoms with Crippen molar-refractivity contribution in [3.8, 4) is 0 Å². The monoisotopic (exact) mass is 594 g/mol. The van der Waals surface area contributed by atoms with Gasteiger partial charge in [-0.1, -0.05) is 23.2 Å². The number of rotatable bonds is 2. The normalized spacial score (nSPS) is 18.2. The van der Waals surface area contributed by atoms with Crippen LogP contribution in [0.2, 0.25) is 10.0 Å². The topological polar surface area (TPSA) is 237 Å². The van der Waals surface area contributed by atoms with Gasteiger partial charge in [-0.3, -0.25) is 0 Å². The van der Waals surface area contributed by atoms with Crippen LogP contribution in [-0.2, 0) is 40.1 Å². The fourth-order valence-corrected chi connectivity index (χ4v) is 7.40. The Hall–Kier alpha value is -1.74. The molecule has 2 aliphatic rings. The molecule has 0 amide bonds. The number of hydrogen-bond acceptors (Lipinski definition) is 10. The van der Waals surface area contributed by atoms with Crippen LogP contribution in [0.25, 0.3) is 0 Å². The zero-order valence-electron chi connectivity index (χ0n) is 16.5.